The van der Waals surface area contributed by atoms with Crippen LogP contribution in [0.25, 0.3) is 0 Å². The van der Waals surface area contributed by atoms with Gasteiger partial charge in [0.2, 0.25) is 5.09 Å². The molecule has 3 rings (SSSR count). The second kappa shape index (κ2) is 5.86. The van der Waals surface area contributed by atoms with Gasteiger partial charge in [0, 0.05) is 26.7 Å². The third-order valence-electron chi connectivity index (χ3n) is 3.94. The molecule has 23 heavy (non-hydrogen) atoms. The van der Waals surface area contributed by atoms with E-state index in [0.29, 0.717) is 6.54 Å². The number of sulfonamides is 1. The average Bonchev–Trinajstić information content (AvgIpc) is 3.25. The Morgan fingerprint density at radius 1 is 1.35 bits per heavy atom. The van der Waals surface area contributed by atoms with Gasteiger partial charge >= 0.3 is 0 Å². The monoisotopic (exact) mass is 338 g/mol. The van der Waals surface area contributed by atoms with Crippen LogP contribution in [-0.2, 0) is 10.0 Å². The Labute approximate surface area is 134 Å². The summed E-state index contributed by atoms with van der Waals surface area (Å²) in [5.74, 6) is 0.480. The number of hydrogen-bond acceptors (Lipinski definition) is 5. The summed E-state index contributed by atoms with van der Waals surface area (Å²) < 4.78 is 35.6. The summed E-state index contributed by atoms with van der Waals surface area (Å²) in [6, 6.07) is 4.78. The van der Waals surface area contributed by atoms with Crippen molar-refractivity contribution in [2.75, 3.05) is 20.6 Å². The number of hydrogen-bond donors (Lipinski definition) is 0. The van der Waals surface area contributed by atoms with Crippen molar-refractivity contribution < 1.29 is 22.0 Å². The quantitative estimate of drug-likeness (QED) is 0.852. The first-order valence-corrected chi connectivity index (χ1v) is 8.70. The smallest absolute Gasteiger partial charge is 0.275 e. The van der Waals surface area contributed by atoms with Crippen LogP contribution in [0, 0.1) is 0 Å². The van der Waals surface area contributed by atoms with E-state index < -0.39 is 10.0 Å². The minimum Gasteiger partial charge on any atom is -0.467 e. The van der Waals surface area contributed by atoms with Crippen molar-refractivity contribution in [1.29, 1.82) is 0 Å². The molecule has 0 radical (unpaired) electrons. The molecule has 0 saturated carbocycles. The maximum Gasteiger partial charge on any atom is 0.275 e. The van der Waals surface area contributed by atoms with E-state index in [1.807, 2.05) is 6.07 Å². The summed E-state index contributed by atoms with van der Waals surface area (Å²) in [4.78, 5) is 14.4. The lowest BCUT2D eigenvalue weighted by Gasteiger charge is -2.22. The van der Waals surface area contributed by atoms with Crippen molar-refractivity contribution in [2.24, 2.45) is 0 Å². The molecule has 1 fully saturated rings. The van der Waals surface area contributed by atoms with E-state index >= 15 is 0 Å². The van der Waals surface area contributed by atoms with Crippen molar-refractivity contribution in [3.63, 3.8) is 0 Å². The van der Waals surface area contributed by atoms with Crippen molar-refractivity contribution in [3.8, 4) is 0 Å². The first-order chi connectivity index (χ1) is 10.9. The molecule has 1 aliphatic rings. The molecule has 0 unspecified atom stereocenters. The molecule has 3 heterocycles. The summed E-state index contributed by atoms with van der Waals surface area (Å²) in [5.41, 5.74) is 0.226. The SMILES string of the molecule is CN(C)S(=O)(=O)c1cc(C(=O)N2CCC[C@H]2c2ccco2)co1. The molecular formula is C15H18N2O5S. The maximum atomic E-state index is 12.7. The molecule has 7 nitrogen and oxygen atoms in total. The van der Waals surface area contributed by atoms with Crippen LogP contribution in [-0.4, -0.2) is 44.2 Å². The summed E-state index contributed by atoms with van der Waals surface area (Å²) in [5, 5.41) is -0.236. The third-order valence-corrected chi connectivity index (χ3v) is 5.63. The summed E-state index contributed by atoms with van der Waals surface area (Å²) in [6.45, 7) is 0.602. The zero-order chi connectivity index (χ0) is 16.6. The Balaban J connectivity index is 1.85. The van der Waals surface area contributed by atoms with Crippen LogP contribution in [0.2, 0.25) is 0 Å². The number of furan rings is 2. The second-order valence-electron chi connectivity index (χ2n) is 5.61. The molecule has 0 bridgehead atoms. The minimum absolute atomic E-state index is 0.124. The van der Waals surface area contributed by atoms with E-state index in [-0.39, 0.29) is 22.6 Å². The average molecular weight is 338 g/mol. The van der Waals surface area contributed by atoms with E-state index in [1.165, 1.54) is 26.4 Å². The molecule has 1 aliphatic heterocycles. The number of carbonyl (C=O) groups is 1. The Hall–Kier alpha value is -2.06. The van der Waals surface area contributed by atoms with Gasteiger partial charge in [0.25, 0.3) is 15.9 Å². The highest BCUT2D eigenvalue weighted by atomic mass is 32.2. The van der Waals surface area contributed by atoms with Crippen LogP contribution in [0.3, 0.4) is 0 Å². The van der Waals surface area contributed by atoms with Gasteiger partial charge in [-0.25, -0.2) is 12.7 Å². The first-order valence-electron chi connectivity index (χ1n) is 7.26. The number of nitrogens with zero attached hydrogens (tertiary/aromatic N) is 2. The number of carbonyl (C=O) groups excluding carboxylic acids is 1. The van der Waals surface area contributed by atoms with E-state index in [4.69, 9.17) is 8.83 Å². The molecule has 0 N–H and O–H groups in total. The van der Waals surface area contributed by atoms with Gasteiger partial charge in [0.05, 0.1) is 17.9 Å². The largest absolute Gasteiger partial charge is 0.467 e. The third kappa shape index (κ3) is 2.79. The standard InChI is InChI=1S/C15H18N2O5S/c1-16(2)23(19,20)14-9-11(10-22-14)15(18)17-7-3-5-12(17)13-6-4-8-21-13/h4,6,8-10,12H,3,5,7H2,1-2H3/t12-/m0/s1. The normalized spacial score (nSPS) is 18.7. The maximum absolute atomic E-state index is 12.7. The predicted molar refractivity (Wildman–Crippen MR) is 81.3 cm³/mol. The molecule has 8 heteroatoms. The number of rotatable bonds is 4. The van der Waals surface area contributed by atoms with Gasteiger partial charge in [0.15, 0.2) is 0 Å². The lowest BCUT2D eigenvalue weighted by Crippen LogP contribution is -2.30. The molecule has 0 aromatic carbocycles. The topological polar surface area (TPSA) is 84.0 Å². The van der Waals surface area contributed by atoms with Gasteiger partial charge in [0.1, 0.15) is 12.0 Å². The summed E-state index contributed by atoms with van der Waals surface area (Å²) >= 11 is 0. The van der Waals surface area contributed by atoms with Crippen molar-refractivity contribution >= 4 is 15.9 Å². The molecule has 1 saturated heterocycles. The van der Waals surface area contributed by atoms with Crippen LogP contribution >= 0.6 is 0 Å². The van der Waals surface area contributed by atoms with Crippen molar-refractivity contribution in [1.82, 2.24) is 9.21 Å². The van der Waals surface area contributed by atoms with Gasteiger partial charge < -0.3 is 13.7 Å². The van der Waals surface area contributed by atoms with Crippen molar-refractivity contribution in [3.05, 3.63) is 42.0 Å². The molecule has 2 aromatic rings. The highest BCUT2D eigenvalue weighted by Crippen LogP contribution is 2.33. The van der Waals surface area contributed by atoms with Crippen LogP contribution in [0.15, 0.2) is 44.7 Å². The van der Waals surface area contributed by atoms with Gasteiger partial charge in [-0.1, -0.05) is 0 Å². The Bertz CT molecular complexity index is 792. The lowest BCUT2D eigenvalue weighted by molar-refractivity contribution is 0.0719. The Morgan fingerprint density at radius 3 is 2.78 bits per heavy atom. The minimum atomic E-state index is -3.69. The molecule has 1 atom stereocenters. The fourth-order valence-electron chi connectivity index (χ4n) is 2.70. The molecule has 0 spiro atoms. The highest BCUT2D eigenvalue weighted by molar-refractivity contribution is 7.88. The molecule has 0 aliphatic carbocycles. The highest BCUT2D eigenvalue weighted by Gasteiger charge is 2.34. The van der Waals surface area contributed by atoms with E-state index in [9.17, 15) is 13.2 Å². The predicted octanol–water partition coefficient (Wildman–Crippen LogP) is 2.10. The van der Waals surface area contributed by atoms with Crippen LogP contribution in [0.5, 0.6) is 0 Å². The van der Waals surface area contributed by atoms with Crippen LogP contribution < -0.4 is 0 Å². The fourth-order valence-corrected chi connectivity index (χ4v) is 3.50. The molecular weight excluding hydrogens is 320 g/mol. The second-order valence-corrected chi connectivity index (χ2v) is 7.70. The van der Waals surface area contributed by atoms with Gasteiger partial charge in [-0.15, -0.1) is 0 Å². The lowest BCUT2D eigenvalue weighted by atomic mass is 10.1. The van der Waals surface area contributed by atoms with E-state index in [2.05, 4.69) is 0 Å². The first kappa shape index (κ1) is 15.8. The van der Waals surface area contributed by atoms with Gasteiger partial charge in [-0.05, 0) is 25.0 Å². The van der Waals surface area contributed by atoms with Gasteiger partial charge in [-0.3, -0.25) is 4.79 Å². The fraction of sp³-hybridized carbons (Fsp3) is 0.400. The number of amides is 1. The number of likely N-dealkylation sites (tertiary alicyclic amines) is 1. The van der Waals surface area contributed by atoms with Gasteiger partial charge in [-0.2, -0.15) is 0 Å². The molecule has 1 amide bonds. The molecule has 124 valence electrons. The van der Waals surface area contributed by atoms with Crippen LogP contribution in [0.1, 0.15) is 35.0 Å². The summed E-state index contributed by atoms with van der Waals surface area (Å²) in [6.07, 6.45) is 4.46. The van der Waals surface area contributed by atoms with Crippen molar-refractivity contribution in [2.45, 2.75) is 24.0 Å². The van der Waals surface area contributed by atoms with E-state index in [0.717, 1.165) is 22.9 Å². The van der Waals surface area contributed by atoms with Crippen LogP contribution in [0.4, 0.5) is 0 Å². The van der Waals surface area contributed by atoms with E-state index in [1.54, 1.807) is 17.2 Å². The summed E-state index contributed by atoms with van der Waals surface area (Å²) in [7, 11) is -0.873. The molecule has 2 aromatic heterocycles. The Morgan fingerprint density at radius 2 is 2.13 bits per heavy atom. The zero-order valence-corrected chi connectivity index (χ0v) is 13.7. The Kier molecular flexibility index (Phi) is 4.03. The zero-order valence-electron chi connectivity index (χ0n) is 12.9.